The number of hydrogen-bond donors (Lipinski definition) is 2. The van der Waals surface area contributed by atoms with E-state index in [0.717, 1.165) is 0 Å². The van der Waals surface area contributed by atoms with Crippen LogP contribution in [-0.4, -0.2) is 38.1 Å². The average molecular weight is 342 g/mol. The largest absolute Gasteiger partial charge is 0.435 e. The molecule has 0 fully saturated rings. The molecule has 130 valence electrons. The predicted octanol–water partition coefficient (Wildman–Crippen LogP) is 3.38. The van der Waals surface area contributed by atoms with Gasteiger partial charge < -0.3 is 20.1 Å². The molecule has 0 heterocycles. The van der Waals surface area contributed by atoms with Gasteiger partial charge in [-0.1, -0.05) is 0 Å². The van der Waals surface area contributed by atoms with Crippen LogP contribution in [0.1, 0.15) is 6.92 Å². The highest BCUT2D eigenvalue weighted by atomic mass is 19.4. The number of carbonyl (C=O) groups is 1. The first kappa shape index (κ1) is 18.9. The molecule has 0 saturated heterocycles. The smallest absolute Gasteiger partial charge is 0.411 e. The second kappa shape index (κ2) is 8.51. The van der Waals surface area contributed by atoms with Crippen LogP contribution in [0.25, 0.3) is 0 Å². The monoisotopic (exact) mass is 342 g/mol. The summed E-state index contributed by atoms with van der Waals surface area (Å²) in [4.78, 5) is 11.6. The molecule has 1 aromatic rings. The highest BCUT2D eigenvalue weighted by molar-refractivity contribution is 5.89. The Morgan fingerprint density at radius 2 is 1.83 bits per heavy atom. The number of benzene rings is 1. The molecule has 0 aliphatic rings. The molecule has 1 rings (SSSR count). The lowest BCUT2D eigenvalue weighted by atomic mass is 10.3. The van der Waals surface area contributed by atoms with Crippen molar-refractivity contribution < 1.29 is 36.2 Å². The molecule has 1 aromatic carbocycles. The van der Waals surface area contributed by atoms with Crippen LogP contribution in [0, 0.1) is 0 Å². The zero-order valence-electron chi connectivity index (χ0n) is 12.0. The molecule has 5 nitrogen and oxygen atoms in total. The summed E-state index contributed by atoms with van der Waals surface area (Å²) in [5.41, 5.74) is 0.299. The van der Waals surface area contributed by atoms with E-state index in [4.69, 9.17) is 0 Å². The molecule has 2 amide bonds. The maximum absolute atomic E-state index is 12.0. The first-order chi connectivity index (χ1) is 10.7. The van der Waals surface area contributed by atoms with Gasteiger partial charge in [0.05, 0.1) is 12.6 Å². The van der Waals surface area contributed by atoms with E-state index in [1.165, 1.54) is 31.2 Å². The van der Waals surface area contributed by atoms with Gasteiger partial charge in [-0.2, -0.15) is 22.0 Å². The van der Waals surface area contributed by atoms with E-state index < -0.39 is 31.5 Å². The maximum Gasteiger partial charge on any atom is 0.411 e. The van der Waals surface area contributed by atoms with Crippen molar-refractivity contribution in [3.05, 3.63) is 24.3 Å². The lowest BCUT2D eigenvalue weighted by Gasteiger charge is -2.16. The third-order valence-electron chi connectivity index (χ3n) is 2.35. The number of halogens is 5. The number of urea groups is 1. The molecule has 0 aromatic heterocycles. The van der Waals surface area contributed by atoms with Crippen LogP contribution in [0.5, 0.6) is 5.75 Å². The van der Waals surface area contributed by atoms with Crippen molar-refractivity contribution in [2.75, 3.05) is 18.5 Å². The Labute approximate surface area is 128 Å². The second-order valence-electron chi connectivity index (χ2n) is 4.53. The highest BCUT2D eigenvalue weighted by Crippen LogP contribution is 2.17. The Morgan fingerprint density at radius 1 is 1.22 bits per heavy atom. The first-order valence-corrected chi connectivity index (χ1v) is 6.42. The summed E-state index contributed by atoms with van der Waals surface area (Å²) in [7, 11) is 0. The van der Waals surface area contributed by atoms with Gasteiger partial charge in [0, 0.05) is 5.69 Å². The van der Waals surface area contributed by atoms with Gasteiger partial charge in [0.25, 0.3) is 0 Å². The molecule has 23 heavy (non-hydrogen) atoms. The van der Waals surface area contributed by atoms with Crippen LogP contribution >= 0.6 is 0 Å². The SMILES string of the molecule is CC(COCC(F)(F)F)NC(=O)Nc1ccc(OC(F)F)cc1. The van der Waals surface area contributed by atoms with Gasteiger partial charge in [-0.15, -0.1) is 0 Å². The quantitative estimate of drug-likeness (QED) is 0.747. The van der Waals surface area contributed by atoms with Gasteiger partial charge in [0.15, 0.2) is 0 Å². The first-order valence-electron chi connectivity index (χ1n) is 6.42. The molecule has 2 N–H and O–H groups in total. The lowest BCUT2D eigenvalue weighted by molar-refractivity contribution is -0.174. The molecule has 0 bridgehead atoms. The van der Waals surface area contributed by atoms with E-state index in [1.54, 1.807) is 0 Å². The van der Waals surface area contributed by atoms with Crippen molar-refractivity contribution in [2.45, 2.75) is 25.8 Å². The third-order valence-corrected chi connectivity index (χ3v) is 2.35. The minimum absolute atomic E-state index is 0.0696. The zero-order valence-corrected chi connectivity index (χ0v) is 12.0. The Morgan fingerprint density at radius 3 is 2.35 bits per heavy atom. The van der Waals surface area contributed by atoms with E-state index in [0.29, 0.717) is 5.69 Å². The minimum Gasteiger partial charge on any atom is -0.435 e. The van der Waals surface area contributed by atoms with Gasteiger partial charge in [-0.3, -0.25) is 0 Å². The number of carbonyl (C=O) groups excluding carboxylic acids is 1. The Hall–Kier alpha value is -2.10. The average Bonchev–Trinajstić information content (AvgIpc) is 2.38. The topological polar surface area (TPSA) is 59.6 Å². The number of rotatable bonds is 7. The third kappa shape index (κ3) is 8.81. The van der Waals surface area contributed by atoms with Crippen LogP contribution in [0.15, 0.2) is 24.3 Å². The van der Waals surface area contributed by atoms with Gasteiger partial charge in [-0.25, -0.2) is 4.79 Å². The summed E-state index contributed by atoms with van der Waals surface area (Å²) < 4.78 is 68.1. The Kier molecular flexibility index (Phi) is 7.01. The predicted molar refractivity (Wildman–Crippen MR) is 71.6 cm³/mol. The molecular weight excluding hydrogens is 327 g/mol. The number of anilines is 1. The van der Waals surface area contributed by atoms with Gasteiger partial charge >= 0.3 is 18.8 Å². The van der Waals surface area contributed by atoms with E-state index >= 15 is 0 Å². The number of ether oxygens (including phenoxy) is 2. The molecule has 10 heteroatoms. The number of alkyl halides is 5. The summed E-state index contributed by atoms with van der Waals surface area (Å²) in [6, 6.07) is 3.81. The normalized spacial score (nSPS) is 12.8. The fourth-order valence-corrected chi connectivity index (χ4v) is 1.50. The summed E-state index contributed by atoms with van der Waals surface area (Å²) in [5, 5.41) is 4.76. The van der Waals surface area contributed by atoms with Crippen molar-refractivity contribution in [3.8, 4) is 5.75 Å². The fraction of sp³-hybridized carbons (Fsp3) is 0.462. The molecule has 0 aliphatic heterocycles. The molecular formula is C13H15F5N2O3. The highest BCUT2D eigenvalue weighted by Gasteiger charge is 2.27. The van der Waals surface area contributed by atoms with E-state index in [1.807, 2.05) is 0 Å². The zero-order chi connectivity index (χ0) is 17.5. The summed E-state index contributed by atoms with van der Waals surface area (Å²) in [6.45, 7) is -3.19. The van der Waals surface area contributed by atoms with E-state index in [-0.39, 0.29) is 12.4 Å². The standard InChI is InChI=1S/C13H15F5N2O3/c1-8(6-22-7-13(16,17)18)19-12(21)20-9-2-4-10(5-3-9)23-11(14)15/h2-5,8,11H,6-7H2,1H3,(H2,19,20,21). The van der Waals surface area contributed by atoms with E-state index in [9.17, 15) is 26.7 Å². The van der Waals surface area contributed by atoms with Crippen LogP contribution in [0.2, 0.25) is 0 Å². The summed E-state index contributed by atoms with van der Waals surface area (Å²) in [5.74, 6) is -0.0696. The minimum atomic E-state index is -4.43. The number of amides is 2. The van der Waals surface area contributed by atoms with Crippen molar-refractivity contribution >= 4 is 11.7 Å². The van der Waals surface area contributed by atoms with Gasteiger partial charge in [0.2, 0.25) is 0 Å². The molecule has 0 spiro atoms. The molecule has 1 atom stereocenters. The summed E-state index contributed by atoms with van der Waals surface area (Å²) >= 11 is 0. The summed E-state index contributed by atoms with van der Waals surface area (Å²) in [6.07, 6.45) is -4.43. The van der Waals surface area contributed by atoms with Gasteiger partial charge in [-0.05, 0) is 31.2 Å². The van der Waals surface area contributed by atoms with Gasteiger partial charge in [0.1, 0.15) is 12.4 Å². The Balaban J connectivity index is 2.35. The number of hydrogen-bond acceptors (Lipinski definition) is 3. The van der Waals surface area contributed by atoms with Crippen molar-refractivity contribution in [1.29, 1.82) is 0 Å². The molecule has 0 radical (unpaired) electrons. The van der Waals surface area contributed by atoms with Crippen molar-refractivity contribution in [1.82, 2.24) is 5.32 Å². The fourth-order valence-electron chi connectivity index (χ4n) is 1.50. The maximum atomic E-state index is 12.0. The second-order valence-corrected chi connectivity index (χ2v) is 4.53. The lowest BCUT2D eigenvalue weighted by Crippen LogP contribution is -2.39. The van der Waals surface area contributed by atoms with E-state index in [2.05, 4.69) is 20.1 Å². The van der Waals surface area contributed by atoms with Crippen LogP contribution in [-0.2, 0) is 4.74 Å². The van der Waals surface area contributed by atoms with Crippen LogP contribution in [0.4, 0.5) is 32.4 Å². The molecule has 1 unspecified atom stereocenters. The molecule has 0 saturated carbocycles. The van der Waals surface area contributed by atoms with Crippen molar-refractivity contribution in [2.24, 2.45) is 0 Å². The van der Waals surface area contributed by atoms with Crippen molar-refractivity contribution in [3.63, 3.8) is 0 Å². The van der Waals surface area contributed by atoms with Crippen LogP contribution < -0.4 is 15.4 Å². The number of nitrogens with one attached hydrogen (secondary N) is 2. The molecule has 0 aliphatic carbocycles. The Bertz CT molecular complexity index is 493. The van der Waals surface area contributed by atoms with Crippen LogP contribution in [0.3, 0.4) is 0 Å².